The second kappa shape index (κ2) is 4.93. The highest BCUT2D eigenvalue weighted by molar-refractivity contribution is 7.13. The van der Waals surface area contributed by atoms with Gasteiger partial charge in [-0.3, -0.25) is 9.36 Å². The summed E-state index contributed by atoms with van der Waals surface area (Å²) >= 11 is 1.32. The topological polar surface area (TPSA) is 77.1 Å². The van der Waals surface area contributed by atoms with Crippen molar-refractivity contribution in [3.8, 4) is 0 Å². The number of carbonyl (C=O) groups excluding carboxylic acids is 1. The molecule has 1 unspecified atom stereocenters. The van der Waals surface area contributed by atoms with Crippen molar-refractivity contribution in [3.05, 3.63) is 46.4 Å². The molecule has 2 heterocycles. The molecule has 6 nitrogen and oxygen atoms in total. The van der Waals surface area contributed by atoms with Crippen LogP contribution in [-0.4, -0.2) is 15.5 Å². The summed E-state index contributed by atoms with van der Waals surface area (Å²) in [5.74, 6) is -0.860. The van der Waals surface area contributed by atoms with Gasteiger partial charge in [-0.25, -0.2) is 9.78 Å². The summed E-state index contributed by atoms with van der Waals surface area (Å²) in [6.45, 7) is 1.65. The molecule has 102 valence electrons. The predicted molar refractivity (Wildman–Crippen MR) is 75.9 cm³/mol. The number of nitrogens with one attached hydrogen (secondary N) is 1. The van der Waals surface area contributed by atoms with E-state index in [2.05, 4.69) is 10.3 Å². The summed E-state index contributed by atoms with van der Waals surface area (Å²) in [7, 11) is 0. The molecule has 0 saturated carbocycles. The lowest BCUT2D eigenvalue weighted by Gasteiger charge is -2.11. The SMILES string of the molecule is CC(C(=O)Nc1nccs1)n1c(=O)oc2ccccc21. The molecule has 20 heavy (non-hydrogen) atoms. The van der Waals surface area contributed by atoms with E-state index in [1.165, 1.54) is 15.9 Å². The maximum atomic E-state index is 12.2. The molecule has 3 rings (SSSR count). The minimum atomic E-state index is -0.685. The summed E-state index contributed by atoms with van der Waals surface area (Å²) < 4.78 is 6.45. The van der Waals surface area contributed by atoms with Gasteiger partial charge in [-0.05, 0) is 19.1 Å². The minimum Gasteiger partial charge on any atom is -0.408 e. The summed E-state index contributed by atoms with van der Waals surface area (Å²) in [5.41, 5.74) is 1.06. The van der Waals surface area contributed by atoms with Gasteiger partial charge >= 0.3 is 5.76 Å². The van der Waals surface area contributed by atoms with Crippen LogP contribution in [0.15, 0.2) is 45.1 Å². The average molecular weight is 289 g/mol. The average Bonchev–Trinajstić information content (AvgIpc) is 3.04. The van der Waals surface area contributed by atoms with E-state index in [-0.39, 0.29) is 5.91 Å². The van der Waals surface area contributed by atoms with E-state index in [9.17, 15) is 9.59 Å². The quantitative estimate of drug-likeness (QED) is 0.802. The molecule has 0 spiro atoms. The van der Waals surface area contributed by atoms with Crippen LogP contribution in [0.25, 0.3) is 11.1 Å². The highest BCUT2D eigenvalue weighted by Gasteiger charge is 2.21. The lowest BCUT2D eigenvalue weighted by molar-refractivity contribution is -0.118. The number of hydrogen-bond acceptors (Lipinski definition) is 5. The van der Waals surface area contributed by atoms with Crippen LogP contribution in [-0.2, 0) is 4.79 Å². The van der Waals surface area contributed by atoms with E-state index in [1.807, 2.05) is 0 Å². The molecule has 1 atom stereocenters. The number of amides is 1. The van der Waals surface area contributed by atoms with E-state index >= 15 is 0 Å². The summed E-state index contributed by atoms with van der Waals surface area (Å²) in [6, 6.07) is 6.32. The van der Waals surface area contributed by atoms with Crippen LogP contribution in [0, 0.1) is 0 Å². The molecule has 0 radical (unpaired) electrons. The number of oxazole rings is 1. The summed E-state index contributed by atoms with van der Waals surface area (Å²) in [5, 5.41) is 4.94. The monoisotopic (exact) mass is 289 g/mol. The maximum absolute atomic E-state index is 12.2. The molecule has 7 heteroatoms. The van der Waals surface area contributed by atoms with Gasteiger partial charge in [0.15, 0.2) is 10.7 Å². The number of hydrogen-bond donors (Lipinski definition) is 1. The Morgan fingerprint density at radius 3 is 3.00 bits per heavy atom. The molecule has 1 N–H and O–H groups in total. The Morgan fingerprint density at radius 2 is 2.25 bits per heavy atom. The molecule has 1 aromatic carbocycles. The first-order valence-electron chi connectivity index (χ1n) is 5.97. The number of thiazole rings is 1. The third-order valence-corrected chi connectivity index (χ3v) is 3.64. The molecule has 0 fully saturated rings. The van der Waals surface area contributed by atoms with Gasteiger partial charge in [0.25, 0.3) is 0 Å². The van der Waals surface area contributed by atoms with Crippen molar-refractivity contribution in [1.29, 1.82) is 0 Å². The third-order valence-electron chi connectivity index (χ3n) is 2.95. The Labute approximate surface area is 117 Å². The Hall–Kier alpha value is -2.41. The van der Waals surface area contributed by atoms with Crippen molar-refractivity contribution in [2.75, 3.05) is 5.32 Å². The lowest BCUT2D eigenvalue weighted by atomic mass is 10.2. The molecule has 0 aliphatic heterocycles. The Balaban J connectivity index is 1.96. The number of para-hydroxylation sites is 2. The molecule has 0 aliphatic carbocycles. The van der Waals surface area contributed by atoms with Gasteiger partial charge in [0.1, 0.15) is 6.04 Å². The van der Waals surface area contributed by atoms with Gasteiger partial charge in [-0.2, -0.15) is 0 Å². The lowest BCUT2D eigenvalue weighted by Crippen LogP contribution is -2.29. The van der Waals surface area contributed by atoms with Crippen molar-refractivity contribution in [1.82, 2.24) is 9.55 Å². The van der Waals surface area contributed by atoms with Crippen molar-refractivity contribution >= 4 is 33.5 Å². The first kappa shape index (κ1) is 12.6. The minimum absolute atomic E-state index is 0.311. The van der Waals surface area contributed by atoms with Crippen LogP contribution >= 0.6 is 11.3 Å². The maximum Gasteiger partial charge on any atom is 0.420 e. The fourth-order valence-electron chi connectivity index (χ4n) is 1.96. The van der Waals surface area contributed by atoms with Crippen LogP contribution in [0.5, 0.6) is 0 Å². The van der Waals surface area contributed by atoms with Gasteiger partial charge in [-0.15, -0.1) is 11.3 Å². The zero-order valence-electron chi connectivity index (χ0n) is 10.6. The van der Waals surface area contributed by atoms with Crippen molar-refractivity contribution in [2.24, 2.45) is 0 Å². The fraction of sp³-hybridized carbons (Fsp3) is 0.154. The molecule has 0 aliphatic rings. The number of nitrogens with zero attached hydrogens (tertiary/aromatic N) is 2. The molecule has 0 bridgehead atoms. The van der Waals surface area contributed by atoms with Crippen LogP contribution in [0.4, 0.5) is 5.13 Å². The van der Waals surface area contributed by atoms with E-state index < -0.39 is 11.8 Å². The molecular formula is C13H11N3O3S. The van der Waals surface area contributed by atoms with Gasteiger partial charge in [0.2, 0.25) is 5.91 Å². The van der Waals surface area contributed by atoms with Gasteiger partial charge in [0.05, 0.1) is 5.52 Å². The Bertz CT molecular complexity index is 804. The highest BCUT2D eigenvalue weighted by atomic mass is 32.1. The molecule has 3 aromatic rings. The van der Waals surface area contributed by atoms with E-state index in [1.54, 1.807) is 42.8 Å². The van der Waals surface area contributed by atoms with E-state index in [0.29, 0.717) is 16.2 Å². The zero-order valence-corrected chi connectivity index (χ0v) is 11.4. The number of benzene rings is 1. The van der Waals surface area contributed by atoms with Gasteiger partial charge in [-0.1, -0.05) is 12.1 Å². The second-order valence-electron chi connectivity index (χ2n) is 4.21. The Kier molecular flexibility index (Phi) is 3.11. The van der Waals surface area contributed by atoms with Gasteiger partial charge in [0, 0.05) is 11.6 Å². The smallest absolute Gasteiger partial charge is 0.408 e. The van der Waals surface area contributed by atoms with Crippen LogP contribution < -0.4 is 11.1 Å². The zero-order chi connectivity index (χ0) is 14.1. The fourth-order valence-corrected chi connectivity index (χ4v) is 2.49. The van der Waals surface area contributed by atoms with Crippen LogP contribution in [0.3, 0.4) is 0 Å². The largest absolute Gasteiger partial charge is 0.420 e. The van der Waals surface area contributed by atoms with Crippen LogP contribution in [0.2, 0.25) is 0 Å². The first-order chi connectivity index (χ1) is 9.66. The molecular weight excluding hydrogens is 278 g/mol. The van der Waals surface area contributed by atoms with E-state index in [4.69, 9.17) is 4.42 Å². The summed E-state index contributed by atoms with van der Waals surface area (Å²) in [6.07, 6.45) is 1.60. The van der Waals surface area contributed by atoms with Gasteiger partial charge < -0.3 is 9.73 Å². The number of rotatable bonds is 3. The highest BCUT2D eigenvalue weighted by Crippen LogP contribution is 2.18. The van der Waals surface area contributed by atoms with E-state index in [0.717, 1.165) is 0 Å². The number of anilines is 1. The van der Waals surface area contributed by atoms with Crippen LogP contribution in [0.1, 0.15) is 13.0 Å². The third kappa shape index (κ3) is 2.12. The molecule has 1 amide bonds. The second-order valence-corrected chi connectivity index (χ2v) is 5.10. The normalized spacial score (nSPS) is 12.4. The first-order valence-corrected chi connectivity index (χ1v) is 6.85. The Morgan fingerprint density at radius 1 is 1.45 bits per heavy atom. The summed E-state index contributed by atoms with van der Waals surface area (Å²) in [4.78, 5) is 28.0. The van der Waals surface area contributed by atoms with Crippen molar-refractivity contribution in [3.63, 3.8) is 0 Å². The van der Waals surface area contributed by atoms with Crippen molar-refractivity contribution < 1.29 is 9.21 Å². The number of fused-ring (bicyclic) bond motifs is 1. The van der Waals surface area contributed by atoms with Crippen molar-refractivity contribution in [2.45, 2.75) is 13.0 Å². The molecule has 0 saturated heterocycles. The number of aromatic nitrogens is 2. The molecule has 2 aromatic heterocycles. The standard InChI is InChI=1S/C13H11N3O3S/c1-8(11(17)15-12-14-6-7-20-12)16-9-4-2-3-5-10(9)19-13(16)18/h2-8H,1H3,(H,14,15,17). The predicted octanol–water partition coefficient (Wildman–Crippen LogP) is 2.25. The number of carbonyl (C=O) groups is 1.